The second kappa shape index (κ2) is 6.67. The van der Waals surface area contributed by atoms with E-state index in [2.05, 4.69) is 24.0 Å². The van der Waals surface area contributed by atoms with E-state index in [1.165, 1.54) is 23.3 Å². The Bertz CT molecular complexity index is 724. The maximum Gasteiger partial charge on any atom is 0.263 e. The van der Waals surface area contributed by atoms with Crippen LogP contribution in [0.25, 0.3) is 0 Å². The monoisotopic (exact) mass is 340 g/mol. The van der Waals surface area contributed by atoms with Crippen molar-refractivity contribution in [1.29, 1.82) is 0 Å². The van der Waals surface area contributed by atoms with Crippen molar-refractivity contribution in [2.24, 2.45) is 5.92 Å². The Labute approximate surface area is 147 Å². The summed E-state index contributed by atoms with van der Waals surface area (Å²) in [6.45, 7) is 3.92. The van der Waals surface area contributed by atoms with Gasteiger partial charge in [-0.1, -0.05) is 19.4 Å². The SMILES string of the molecule is CCC1CCc2sc(C(=O)N3CCC(c4ccccn4)C3)cc2C1. The summed E-state index contributed by atoms with van der Waals surface area (Å²) in [6, 6.07) is 8.23. The van der Waals surface area contributed by atoms with Crippen molar-refractivity contribution < 1.29 is 4.79 Å². The molecule has 3 heterocycles. The third-order valence-electron chi connectivity index (χ3n) is 5.55. The van der Waals surface area contributed by atoms with Crippen LogP contribution >= 0.6 is 11.3 Å². The first-order valence-corrected chi connectivity index (χ1v) is 9.88. The molecule has 2 aromatic rings. The average Bonchev–Trinajstić information content (AvgIpc) is 3.28. The van der Waals surface area contributed by atoms with Gasteiger partial charge in [-0.25, -0.2) is 0 Å². The van der Waals surface area contributed by atoms with Gasteiger partial charge in [-0.15, -0.1) is 11.3 Å². The molecule has 126 valence electrons. The molecule has 0 N–H and O–H groups in total. The van der Waals surface area contributed by atoms with Crippen molar-refractivity contribution in [3.8, 4) is 0 Å². The Morgan fingerprint density at radius 2 is 2.29 bits per heavy atom. The highest BCUT2D eigenvalue weighted by Crippen LogP contribution is 2.35. The number of carbonyl (C=O) groups is 1. The number of pyridine rings is 1. The summed E-state index contributed by atoms with van der Waals surface area (Å²) in [6.07, 6.45) is 7.71. The van der Waals surface area contributed by atoms with Gasteiger partial charge in [0.15, 0.2) is 0 Å². The number of hydrogen-bond donors (Lipinski definition) is 0. The Balaban J connectivity index is 1.46. The third-order valence-corrected chi connectivity index (χ3v) is 6.78. The molecule has 0 spiro atoms. The van der Waals surface area contributed by atoms with Crippen molar-refractivity contribution in [2.45, 2.75) is 44.9 Å². The predicted octanol–water partition coefficient (Wildman–Crippen LogP) is 4.29. The number of likely N-dealkylation sites (tertiary alicyclic amines) is 1. The second-order valence-corrected chi connectivity index (χ2v) is 8.20. The van der Waals surface area contributed by atoms with E-state index in [9.17, 15) is 4.79 Å². The summed E-state index contributed by atoms with van der Waals surface area (Å²) in [5, 5.41) is 0. The summed E-state index contributed by atoms with van der Waals surface area (Å²) in [4.78, 5) is 21.8. The molecule has 0 aromatic carbocycles. The number of hydrogen-bond acceptors (Lipinski definition) is 3. The summed E-state index contributed by atoms with van der Waals surface area (Å²) in [7, 11) is 0. The van der Waals surface area contributed by atoms with E-state index in [0.717, 1.165) is 48.8 Å². The summed E-state index contributed by atoms with van der Waals surface area (Å²) < 4.78 is 0. The zero-order chi connectivity index (χ0) is 16.5. The molecule has 2 aliphatic rings. The fourth-order valence-electron chi connectivity index (χ4n) is 4.01. The van der Waals surface area contributed by atoms with Crippen LogP contribution in [0, 0.1) is 5.92 Å². The fourth-order valence-corrected chi connectivity index (χ4v) is 5.19. The standard InChI is InChI=1S/C20H24N2OS/c1-2-14-6-7-18-16(11-14)12-19(24-18)20(23)22-10-8-15(13-22)17-5-3-4-9-21-17/h3-5,9,12,14-15H,2,6-8,10-11,13H2,1H3. The van der Waals surface area contributed by atoms with E-state index < -0.39 is 0 Å². The summed E-state index contributed by atoms with van der Waals surface area (Å²) in [5.74, 6) is 1.41. The zero-order valence-corrected chi connectivity index (χ0v) is 15.0. The van der Waals surface area contributed by atoms with Gasteiger partial charge in [0.1, 0.15) is 0 Å². The lowest BCUT2D eigenvalue weighted by atomic mass is 9.87. The van der Waals surface area contributed by atoms with Gasteiger partial charge in [-0.2, -0.15) is 0 Å². The van der Waals surface area contributed by atoms with Crippen LogP contribution in [0.15, 0.2) is 30.5 Å². The molecule has 1 aliphatic carbocycles. The highest BCUT2D eigenvalue weighted by Gasteiger charge is 2.30. The number of aryl methyl sites for hydroxylation is 1. The lowest BCUT2D eigenvalue weighted by Gasteiger charge is -2.19. The van der Waals surface area contributed by atoms with Crippen LogP contribution in [0.1, 0.15) is 57.9 Å². The van der Waals surface area contributed by atoms with Crippen LogP contribution in [0.3, 0.4) is 0 Å². The zero-order valence-electron chi connectivity index (χ0n) is 14.2. The maximum absolute atomic E-state index is 12.9. The number of thiophene rings is 1. The first-order valence-electron chi connectivity index (χ1n) is 9.06. The Morgan fingerprint density at radius 3 is 3.08 bits per heavy atom. The quantitative estimate of drug-likeness (QED) is 0.835. The van der Waals surface area contributed by atoms with E-state index in [4.69, 9.17) is 0 Å². The molecule has 1 fully saturated rings. The minimum atomic E-state index is 0.223. The molecule has 1 amide bonds. The first-order chi connectivity index (χ1) is 11.7. The highest BCUT2D eigenvalue weighted by atomic mass is 32.1. The van der Waals surface area contributed by atoms with E-state index in [1.54, 1.807) is 11.3 Å². The number of nitrogens with zero attached hydrogens (tertiary/aromatic N) is 2. The molecule has 2 unspecified atom stereocenters. The van der Waals surface area contributed by atoms with Gasteiger partial charge in [0, 0.05) is 35.8 Å². The fraction of sp³-hybridized carbons (Fsp3) is 0.500. The molecule has 0 bridgehead atoms. The molecule has 0 radical (unpaired) electrons. The normalized spacial score (nSPS) is 23.3. The van der Waals surface area contributed by atoms with E-state index in [-0.39, 0.29) is 5.91 Å². The lowest BCUT2D eigenvalue weighted by Crippen LogP contribution is -2.27. The van der Waals surface area contributed by atoms with E-state index >= 15 is 0 Å². The Morgan fingerprint density at radius 1 is 1.38 bits per heavy atom. The van der Waals surface area contributed by atoms with Crippen LogP contribution in [0.2, 0.25) is 0 Å². The maximum atomic E-state index is 12.9. The smallest absolute Gasteiger partial charge is 0.263 e. The third kappa shape index (κ3) is 3.00. The summed E-state index contributed by atoms with van der Waals surface area (Å²) >= 11 is 1.73. The average molecular weight is 340 g/mol. The molecule has 3 nitrogen and oxygen atoms in total. The van der Waals surface area contributed by atoms with E-state index in [0.29, 0.717) is 5.92 Å². The van der Waals surface area contributed by atoms with Gasteiger partial charge >= 0.3 is 0 Å². The van der Waals surface area contributed by atoms with Crippen LogP contribution in [-0.2, 0) is 12.8 Å². The van der Waals surface area contributed by atoms with Crippen molar-refractivity contribution in [2.75, 3.05) is 13.1 Å². The van der Waals surface area contributed by atoms with Gasteiger partial charge in [0.05, 0.1) is 4.88 Å². The van der Waals surface area contributed by atoms with Crippen LogP contribution < -0.4 is 0 Å². The van der Waals surface area contributed by atoms with Crippen LogP contribution in [-0.4, -0.2) is 28.9 Å². The van der Waals surface area contributed by atoms with Gasteiger partial charge in [0.25, 0.3) is 5.91 Å². The van der Waals surface area contributed by atoms with Crippen molar-refractivity contribution in [1.82, 2.24) is 9.88 Å². The lowest BCUT2D eigenvalue weighted by molar-refractivity contribution is 0.0795. The number of amides is 1. The largest absolute Gasteiger partial charge is 0.337 e. The van der Waals surface area contributed by atoms with Gasteiger partial charge < -0.3 is 4.90 Å². The molecule has 4 rings (SSSR count). The molecule has 1 saturated heterocycles. The molecule has 4 heteroatoms. The summed E-state index contributed by atoms with van der Waals surface area (Å²) in [5.41, 5.74) is 2.55. The number of rotatable bonds is 3. The topological polar surface area (TPSA) is 33.2 Å². The molecule has 2 atom stereocenters. The first kappa shape index (κ1) is 15.8. The van der Waals surface area contributed by atoms with Crippen LogP contribution in [0.4, 0.5) is 0 Å². The molecule has 2 aromatic heterocycles. The van der Waals surface area contributed by atoms with Gasteiger partial charge in [-0.3, -0.25) is 9.78 Å². The van der Waals surface area contributed by atoms with Gasteiger partial charge in [0.2, 0.25) is 0 Å². The van der Waals surface area contributed by atoms with Crippen LogP contribution in [0.5, 0.6) is 0 Å². The number of fused-ring (bicyclic) bond motifs is 1. The second-order valence-electron chi connectivity index (χ2n) is 7.07. The van der Waals surface area contributed by atoms with E-state index in [1.807, 2.05) is 23.2 Å². The van der Waals surface area contributed by atoms with Crippen molar-refractivity contribution >= 4 is 17.2 Å². The molecule has 24 heavy (non-hydrogen) atoms. The molecule has 1 aliphatic heterocycles. The number of carbonyl (C=O) groups excluding carboxylic acids is 1. The minimum absolute atomic E-state index is 0.223. The molecular formula is C20H24N2OS. The van der Waals surface area contributed by atoms with Crippen molar-refractivity contribution in [3.05, 3.63) is 51.5 Å². The Kier molecular flexibility index (Phi) is 4.40. The Hall–Kier alpha value is -1.68. The highest BCUT2D eigenvalue weighted by molar-refractivity contribution is 7.14. The molecular weight excluding hydrogens is 316 g/mol. The predicted molar refractivity (Wildman–Crippen MR) is 97.6 cm³/mol. The molecule has 0 saturated carbocycles. The number of aromatic nitrogens is 1. The minimum Gasteiger partial charge on any atom is -0.337 e. The van der Waals surface area contributed by atoms with Crippen molar-refractivity contribution in [3.63, 3.8) is 0 Å². The van der Waals surface area contributed by atoms with Gasteiger partial charge in [-0.05, 0) is 55.4 Å².